The number of hydrogen-bond acceptors (Lipinski definition) is 2. The monoisotopic (exact) mass is 321 g/mol. The Hall–Kier alpha value is -1.26. The molecule has 5 heteroatoms. The molecule has 5 nitrogen and oxygen atoms in total. The number of hydrogen-bond donors (Lipinski definition) is 1. The molecule has 3 amide bonds. The highest BCUT2D eigenvalue weighted by Gasteiger charge is 2.27. The van der Waals surface area contributed by atoms with Crippen LogP contribution in [-0.4, -0.2) is 54.0 Å². The lowest BCUT2D eigenvalue weighted by atomic mass is 9.92. The molecule has 2 saturated heterocycles. The van der Waals surface area contributed by atoms with Gasteiger partial charge in [-0.2, -0.15) is 0 Å². The van der Waals surface area contributed by atoms with Crippen molar-refractivity contribution in [3.8, 4) is 0 Å². The summed E-state index contributed by atoms with van der Waals surface area (Å²) in [5.41, 5.74) is 0. The summed E-state index contributed by atoms with van der Waals surface area (Å²) in [5.74, 6) is 0.790. The van der Waals surface area contributed by atoms with E-state index >= 15 is 0 Å². The fraction of sp³-hybridized carbons (Fsp3) is 0.889. The predicted molar refractivity (Wildman–Crippen MR) is 90.1 cm³/mol. The second-order valence-electron chi connectivity index (χ2n) is 7.51. The maximum atomic E-state index is 12.3. The van der Waals surface area contributed by atoms with Gasteiger partial charge in [0.2, 0.25) is 5.91 Å². The van der Waals surface area contributed by atoms with Crippen LogP contribution in [0.15, 0.2) is 0 Å². The van der Waals surface area contributed by atoms with Gasteiger partial charge in [0.05, 0.1) is 0 Å². The van der Waals surface area contributed by atoms with Gasteiger partial charge in [-0.3, -0.25) is 4.79 Å². The van der Waals surface area contributed by atoms with Crippen LogP contribution in [0.5, 0.6) is 0 Å². The zero-order valence-corrected chi connectivity index (χ0v) is 14.3. The fourth-order valence-electron chi connectivity index (χ4n) is 4.20. The molecule has 1 N–H and O–H groups in total. The summed E-state index contributed by atoms with van der Waals surface area (Å²) >= 11 is 0. The van der Waals surface area contributed by atoms with Crippen molar-refractivity contribution in [1.29, 1.82) is 0 Å². The number of rotatable bonds is 3. The lowest BCUT2D eigenvalue weighted by Crippen LogP contribution is -2.47. The van der Waals surface area contributed by atoms with Crippen molar-refractivity contribution in [2.24, 2.45) is 5.92 Å². The third-order valence-electron chi connectivity index (χ3n) is 5.76. The third kappa shape index (κ3) is 4.61. The summed E-state index contributed by atoms with van der Waals surface area (Å²) in [6, 6.07) is 0.499. The van der Waals surface area contributed by atoms with E-state index in [1.54, 1.807) is 0 Å². The summed E-state index contributed by atoms with van der Waals surface area (Å²) < 4.78 is 0. The first kappa shape index (κ1) is 16.6. The molecule has 0 unspecified atom stereocenters. The second kappa shape index (κ2) is 8.02. The molecule has 0 spiro atoms. The Kier molecular flexibility index (Phi) is 5.79. The Balaban J connectivity index is 1.37. The van der Waals surface area contributed by atoms with Gasteiger partial charge < -0.3 is 15.1 Å². The minimum Gasteiger partial charge on any atom is -0.343 e. The van der Waals surface area contributed by atoms with E-state index in [-0.39, 0.29) is 6.03 Å². The van der Waals surface area contributed by atoms with Crippen molar-refractivity contribution >= 4 is 11.9 Å². The molecule has 1 aliphatic carbocycles. The summed E-state index contributed by atoms with van der Waals surface area (Å²) in [6.07, 6.45) is 10.9. The number of nitrogens with zero attached hydrogens (tertiary/aromatic N) is 2. The van der Waals surface area contributed by atoms with Crippen LogP contribution in [0.1, 0.15) is 64.2 Å². The first-order chi connectivity index (χ1) is 11.2. The van der Waals surface area contributed by atoms with Crippen molar-refractivity contribution < 1.29 is 9.59 Å². The summed E-state index contributed by atoms with van der Waals surface area (Å²) in [7, 11) is 0. The molecular formula is C18H31N3O2. The molecular weight excluding hydrogens is 290 g/mol. The number of likely N-dealkylation sites (tertiary alicyclic amines) is 2. The number of carbonyl (C=O) groups is 2. The number of urea groups is 1. The van der Waals surface area contributed by atoms with Crippen molar-refractivity contribution in [3.63, 3.8) is 0 Å². The van der Waals surface area contributed by atoms with Gasteiger partial charge in [-0.05, 0) is 50.9 Å². The molecule has 0 aromatic heterocycles. The molecule has 130 valence electrons. The van der Waals surface area contributed by atoms with E-state index in [1.807, 2.05) is 9.80 Å². The van der Waals surface area contributed by atoms with Crippen molar-refractivity contribution in [3.05, 3.63) is 0 Å². The minimum atomic E-state index is 0.109. The minimum absolute atomic E-state index is 0.109. The lowest BCUT2D eigenvalue weighted by molar-refractivity contribution is -0.133. The van der Waals surface area contributed by atoms with Gasteiger partial charge in [-0.1, -0.05) is 12.8 Å². The molecule has 3 rings (SSSR count). The third-order valence-corrected chi connectivity index (χ3v) is 5.76. The molecule has 23 heavy (non-hydrogen) atoms. The fourth-order valence-corrected chi connectivity index (χ4v) is 4.20. The van der Waals surface area contributed by atoms with E-state index < -0.39 is 0 Å². The van der Waals surface area contributed by atoms with Gasteiger partial charge >= 0.3 is 6.03 Å². The van der Waals surface area contributed by atoms with Gasteiger partial charge in [-0.15, -0.1) is 0 Å². The molecule has 0 atom stereocenters. The van der Waals surface area contributed by atoms with E-state index in [0.717, 1.165) is 64.7 Å². The molecule has 0 bridgehead atoms. The number of amides is 3. The van der Waals surface area contributed by atoms with Crippen molar-refractivity contribution in [1.82, 2.24) is 15.1 Å². The summed E-state index contributed by atoms with van der Waals surface area (Å²) in [5, 5.41) is 3.17. The molecule has 1 saturated carbocycles. The summed E-state index contributed by atoms with van der Waals surface area (Å²) in [6.45, 7) is 3.50. The topological polar surface area (TPSA) is 52.7 Å². The molecule has 0 aromatic carbocycles. The van der Waals surface area contributed by atoms with Crippen molar-refractivity contribution in [2.45, 2.75) is 70.3 Å². The van der Waals surface area contributed by atoms with Gasteiger partial charge in [0, 0.05) is 38.6 Å². The van der Waals surface area contributed by atoms with Crippen LogP contribution in [0.3, 0.4) is 0 Å². The number of carbonyl (C=O) groups excluding carboxylic acids is 2. The van der Waals surface area contributed by atoms with Crippen LogP contribution in [0.4, 0.5) is 4.79 Å². The number of nitrogens with one attached hydrogen (secondary N) is 1. The SMILES string of the molecule is O=C(CC1CCN(C(=O)NC2CCCC2)CC1)N1CCCCC1. The molecule has 2 aliphatic heterocycles. The Morgan fingerprint density at radius 1 is 0.783 bits per heavy atom. The van der Waals surface area contributed by atoms with E-state index in [4.69, 9.17) is 0 Å². The van der Waals surface area contributed by atoms with Crippen LogP contribution in [0.25, 0.3) is 0 Å². The Morgan fingerprint density at radius 2 is 1.43 bits per heavy atom. The highest BCUT2D eigenvalue weighted by molar-refractivity contribution is 5.77. The van der Waals surface area contributed by atoms with Crippen LogP contribution < -0.4 is 5.32 Å². The van der Waals surface area contributed by atoms with E-state index in [2.05, 4.69) is 5.32 Å². The lowest BCUT2D eigenvalue weighted by Gasteiger charge is -2.34. The van der Waals surface area contributed by atoms with Crippen LogP contribution in [-0.2, 0) is 4.79 Å². The molecule has 3 fully saturated rings. The van der Waals surface area contributed by atoms with Gasteiger partial charge in [-0.25, -0.2) is 4.79 Å². The largest absolute Gasteiger partial charge is 0.343 e. The van der Waals surface area contributed by atoms with E-state index in [1.165, 1.54) is 19.3 Å². The highest BCUT2D eigenvalue weighted by Crippen LogP contribution is 2.23. The standard InChI is InChI=1S/C18H31N3O2/c22-17(20-10-4-1-5-11-20)14-15-8-12-21(13-9-15)18(23)19-16-6-2-3-7-16/h15-16H,1-14H2,(H,19,23). The first-order valence-corrected chi connectivity index (χ1v) is 9.55. The first-order valence-electron chi connectivity index (χ1n) is 9.55. The Morgan fingerprint density at radius 3 is 2.09 bits per heavy atom. The highest BCUT2D eigenvalue weighted by atomic mass is 16.2. The molecule has 2 heterocycles. The zero-order chi connectivity index (χ0) is 16.1. The van der Waals surface area contributed by atoms with Gasteiger partial charge in [0.15, 0.2) is 0 Å². The normalized spacial score (nSPS) is 24.0. The van der Waals surface area contributed by atoms with Crippen molar-refractivity contribution in [2.75, 3.05) is 26.2 Å². The van der Waals surface area contributed by atoms with Gasteiger partial charge in [0.25, 0.3) is 0 Å². The summed E-state index contributed by atoms with van der Waals surface area (Å²) in [4.78, 5) is 28.6. The molecule has 3 aliphatic rings. The zero-order valence-electron chi connectivity index (χ0n) is 14.3. The van der Waals surface area contributed by atoms with Gasteiger partial charge in [0.1, 0.15) is 0 Å². The average Bonchev–Trinajstić information content (AvgIpc) is 3.09. The maximum Gasteiger partial charge on any atom is 0.317 e. The second-order valence-corrected chi connectivity index (χ2v) is 7.51. The quantitative estimate of drug-likeness (QED) is 0.869. The van der Waals surface area contributed by atoms with Crippen LogP contribution in [0.2, 0.25) is 0 Å². The molecule has 0 aromatic rings. The Labute approximate surface area is 139 Å². The average molecular weight is 321 g/mol. The molecule has 0 radical (unpaired) electrons. The Bertz CT molecular complexity index is 406. The van der Waals surface area contributed by atoms with Crippen LogP contribution >= 0.6 is 0 Å². The van der Waals surface area contributed by atoms with E-state index in [9.17, 15) is 9.59 Å². The van der Waals surface area contributed by atoms with E-state index in [0.29, 0.717) is 24.3 Å². The maximum absolute atomic E-state index is 12.3. The smallest absolute Gasteiger partial charge is 0.317 e. The number of piperidine rings is 2. The predicted octanol–water partition coefficient (Wildman–Crippen LogP) is 2.75. The van der Waals surface area contributed by atoms with Crippen LogP contribution in [0, 0.1) is 5.92 Å².